The molecular weight excluding hydrogens is 288 g/mol. The fraction of sp³-hybridized carbons (Fsp3) is 0.619. The zero-order chi connectivity index (χ0) is 15.9. The molecule has 0 N–H and O–H groups in total. The summed E-state index contributed by atoms with van der Waals surface area (Å²) in [5.41, 5.74) is 2.91. The summed E-state index contributed by atoms with van der Waals surface area (Å²) >= 11 is 5.71. The maximum Gasteiger partial charge on any atom is 0.0223 e. The highest BCUT2D eigenvalue weighted by Crippen LogP contribution is 2.16. The van der Waals surface area contributed by atoms with Crippen LogP contribution < -0.4 is 0 Å². The van der Waals surface area contributed by atoms with Gasteiger partial charge in [0.15, 0.2) is 0 Å². The van der Waals surface area contributed by atoms with E-state index in [0.717, 1.165) is 18.7 Å². The first-order valence-electron chi connectivity index (χ1n) is 9.19. The van der Waals surface area contributed by atoms with E-state index in [4.69, 9.17) is 11.6 Å². The van der Waals surface area contributed by atoms with Crippen LogP contribution in [0.4, 0.5) is 0 Å². The van der Waals surface area contributed by atoms with Crippen molar-refractivity contribution in [3.8, 4) is 0 Å². The molecule has 1 aromatic carbocycles. The molecule has 124 valence electrons. The van der Waals surface area contributed by atoms with E-state index in [1.807, 2.05) is 0 Å². The number of benzene rings is 1. The summed E-state index contributed by atoms with van der Waals surface area (Å²) in [7, 11) is 0. The maximum atomic E-state index is 5.71. The number of hydrogen-bond donors (Lipinski definition) is 0. The predicted octanol–water partition coefficient (Wildman–Crippen LogP) is 7.40. The lowest BCUT2D eigenvalue weighted by Crippen LogP contribution is -1.90. The normalized spacial score (nSPS) is 11.4. The molecule has 0 amide bonds. The lowest BCUT2D eigenvalue weighted by Gasteiger charge is -2.06. The summed E-state index contributed by atoms with van der Waals surface area (Å²) in [5.74, 6) is 0.780. The van der Waals surface area contributed by atoms with E-state index in [0.29, 0.717) is 0 Å². The van der Waals surface area contributed by atoms with Gasteiger partial charge in [-0.3, -0.25) is 0 Å². The number of rotatable bonds is 13. The Bertz CT molecular complexity index is 395. The van der Waals surface area contributed by atoms with E-state index >= 15 is 0 Å². The number of aryl methyl sites for hydroxylation is 1. The highest BCUT2D eigenvalue weighted by molar-refractivity contribution is 6.17. The molecule has 1 aromatic rings. The third-order valence-corrected chi connectivity index (χ3v) is 4.42. The minimum Gasteiger partial charge on any atom is -0.127 e. The summed E-state index contributed by atoms with van der Waals surface area (Å²) in [5, 5.41) is 0. The van der Waals surface area contributed by atoms with Gasteiger partial charge in [0.1, 0.15) is 0 Å². The average molecular weight is 321 g/mol. The Labute approximate surface area is 143 Å². The van der Waals surface area contributed by atoms with Gasteiger partial charge in [-0.2, -0.15) is 0 Å². The molecule has 0 unspecified atom stereocenters. The number of alkyl halides is 1. The molecule has 0 heterocycles. The second kappa shape index (κ2) is 13.9. The number of hydrogen-bond acceptors (Lipinski definition) is 0. The molecule has 0 atom stereocenters. The Hall–Kier alpha value is -0.750. The summed E-state index contributed by atoms with van der Waals surface area (Å²) < 4.78 is 0. The van der Waals surface area contributed by atoms with Gasteiger partial charge < -0.3 is 0 Å². The van der Waals surface area contributed by atoms with Crippen LogP contribution in [0.5, 0.6) is 0 Å². The number of allylic oxidation sites excluding steroid dienone is 1. The van der Waals surface area contributed by atoms with Crippen LogP contribution in [-0.2, 0) is 6.42 Å². The zero-order valence-corrected chi connectivity index (χ0v) is 15.1. The van der Waals surface area contributed by atoms with E-state index in [1.54, 1.807) is 0 Å². The van der Waals surface area contributed by atoms with Gasteiger partial charge in [-0.15, -0.1) is 11.6 Å². The van der Waals surface area contributed by atoms with Crippen LogP contribution in [0.2, 0.25) is 0 Å². The second-order valence-corrected chi connectivity index (χ2v) is 6.54. The first-order chi connectivity index (χ1) is 10.9. The molecule has 0 aliphatic rings. The van der Waals surface area contributed by atoms with Gasteiger partial charge in [0, 0.05) is 5.88 Å². The average Bonchev–Trinajstić information content (AvgIpc) is 2.55. The summed E-state index contributed by atoms with van der Waals surface area (Å²) in [4.78, 5) is 0. The molecule has 0 aliphatic heterocycles. The van der Waals surface area contributed by atoms with Crippen LogP contribution in [0.1, 0.15) is 82.3 Å². The molecule has 0 nitrogen and oxygen atoms in total. The van der Waals surface area contributed by atoms with Gasteiger partial charge in [-0.1, -0.05) is 81.9 Å². The Morgan fingerprint density at radius 1 is 0.864 bits per heavy atom. The lowest BCUT2D eigenvalue weighted by atomic mass is 9.99. The fourth-order valence-corrected chi connectivity index (χ4v) is 2.95. The molecule has 0 spiro atoms. The maximum absolute atomic E-state index is 5.71. The van der Waals surface area contributed by atoms with Crippen molar-refractivity contribution in [2.75, 3.05) is 5.88 Å². The van der Waals surface area contributed by atoms with Gasteiger partial charge in [0.25, 0.3) is 0 Å². The van der Waals surface area contributed by atoms with E-state index < -0.39 is 0 Å². The molecule has 22 heavy (non-hydrogen) atoms. The minimum atomic E-state index is 0.780. The first-order valence-corrected chi connectivity index (χ1v) is 9.72. The molecule has 0 aromatic heterocycles. The van der Waals surface area contributed by atoms with E-state index in [9.17, 15) is 0 Å². The number of halogens is 1. The molecule has 0 saturated carbocycles. The van der Waals surface area contributed by atoms with Crippen LogP contribution in [0.15, 0.2) is 30.3 Å². The monoisotopic (exact) mass is 320 g/mol. The largest absolute Gasteiger partial charge is 0.127 e. The van der Waals surface area contributed by atoms with Crippen molar-refractivity contribution in [3.05, 3.63) is 41.5 Å². The van der Waals surface area contributed by atoms with Gasteiger partial charge in [0.05, 0.1) is 0 Å². The first kappa shape index (κ1) is 19.3. The van der Waals surface area contributed by atoms with E-state index in [-0.39, 0.29) is 0 Å². The molecule has 0 saturated heterocycles. The van der Waals surface area contributed by atoms with Crippen LogP contribution in [0.25, 0.3) is 6.08 Å². The van der Waals surface area contributed by atoms with Crippen LogP contribution in [-0.4, -0.2) is 5.88 Å². The van der Waals surface area contributed by atoms with E-state index in [1.165, 1.54) is 68.9 Å². The molecule has 1 heteroatoms. The van der Waals surface area contributed by atoms with Crippen molar-refractivity contribution >= 4 is 17.7 Å². The summed E-state index contributed by atoms with van der Waals surface area (Å²) in [6, 6.07) is 8.85. The molecule has 0 radical (unpaired) electrons. The quantitative estimate of drug-likeness (QED) is 0.262. The van der Waals surface area contributed by atoms with Gasteiger partial charge in [-0.25, -0.2) is 0 Å². The second-order valence-electron chi connectivity index (χ2n) is 6.16. The summed E-state index contributed by atoms with van der Waals surface area (Å²) in [6.45, 7) is 2.28. The molecule has 1 rings (SSSR count). The Balaban J connectivity index is 2.28. The van der Waals surface area contributed by atoms with Crippen molar-refractivity contribution in [2.24, 2.45) is 0 Å². The topological polar surface area (TPSA) is 0 Å². The van der Waals surface area contributed by atoms with Crippen molar-refractivity contribution in [1.29, 1.82) is 0 Å². The molecule has 0 aliphatic carbocycles. The van der Waals surface area contributed by atoms with E-state index in [2.05, 4.69) is 43.3 Å². The Morgan fingerprint density at radius 3 is 2.36 bits per heavy atom. The van der Waals surface area contributed by atoms with Gasteiger partial charge in [-0.05, 0) is 43.2 Å². The zero-order valence-electron chi connectivity index (χ0n) is 14.3. The van der Waals surface area contributed by atoms with Crippen molar-refractivity contribution in [1.82, 2.24) is 0 Å². The highest BCUT2D eigenvalue weighted by Gasteiger charge is 1.99. The van der Waals surface area contributed by atoms with Gasteiger partial charge in [0.2, 0.25) is 0 Å². The smallest absolute Gasteiger partial charge is 0.0223 e. The molecular formula is C21H33Cl. The standard InChI is InChI=1S/C21H33Cl/c1-2-3-4-5-6-7-10-15-20-17-12-13-18-21(20)16-11-8-9-14-19-22/h11-13,16-18H,2-10,14-15,19H2,1H3/b16-11+. The van der Waals surface area contributed by atoms with Crippen molar-refractivity contribution in [3.63, 3.8) is 0 Å². The van der Waals surface area contributed by atoms with Crippen LogP contribution in [0.3, 0.4) is 0 Å². The highest BCUT2D eigenvalue weighted by atomic mass is 35.5. The van der Waals surface area contributed by atoms with Crippen LogP contribution in [0, 0.1) is 0 Å². The Morgan fingerprint density at radius 2 is 1.59 bits per heavy atom. The van der Waals surface area contributed by atoms with Crippen molar-refractivity contribution < 1.29 is 0 Å². The van der Waals surface area contributed by atoms with Crippen LogP contribution >= 0.6 is 11.6 Å². The predicted molar refractivity (Wildman–Crippen MR) is 102 cm³/mol. The molecule has 0 bridgehead atoms. The Kier molecular flexibility index (Phi) is 12.2. The van der Waals surface area contributed by atoms with Crippen molar-refractivity contribution in [2.45, 2.75) is 77.6 Å². The third-order valence-electron chi connectivity index (χ3n) is 4.16. The minimum absolute atomic E-state index is 0.780. The molecule has 0 fully saturated rings. The fourth-order valence-electron chi connectivity index (χ4n) is 2.76. The lowest BCUT2D eigenvalue weighted by molar-refractivity contribution is 0.589. The SMILES string of the molecule is CCCCCCCCCc1ccccc1/C=C/CCCCCl. The van der Waals surface area contributed by atoms with Gasteiger partial charge >= 0.3 is 0 Å². The summed E-state index contributed by atoms with van der Waals surface area (Å²) in [6.07, 6.45) is 18.9. The third kappa shape index (κ3) is 9.30. The number of unbranched alkanes of at least 4 members (excludes halogenated alkanes) is 8.